The molecule has 0 spiro atoms. The summed E-state index contributed by atoms with van der Waals surface area (Å²) < 4.78 is 0. The Labute approximate surface area is 128 Å². The van der Waals surface area contributed by atoms with Crippen LogP contribution in [0.3, 0.4) is 0 Å². The molecule has 2 bridgehead atoms. The molecule has 3 rings (SSSR count). The number of hydrogen-bond donors (Lipinski definition) is 0. The van der Waals surface area contributed by atoms with E-state index < -0.39 is 0 Å². The molecule has 0 N–H and O–H groups in total. The van der Waals surface area contributed by atoms with Gasteiger partial charge in [0.05, 0.1) is 7.85 Å². The lowest BCUT2D eigenvalue weighted by molar-refractivity contribution is -0.208. The van der Waals surface area contributed by atoms with E-state index in [2.05, 4.69) is 48.5 Å². The van der Waals surface area contributed by atoms with E-state index in [0.29, 0.717) is 10.8 Å². The molecule has 0 aliphatic heterocycles. The van der Waals surface area contributed by atoms with E-state index in [4.69, 9.17) is 7.85 Å². The van der Waals surface area contributed by atoms with Crippen molar-refractivity contribution in [1.29, 1.82) is 0 Å². The van der Waals surface area contributed by atoms with Crippen LogP contribution in [0.1, 0.15) is 80.6 Å². The second kappa shape index (κ2) is 5.06. The predicted octanol–water partition coefficient (Wildman–Crippen LogP) is 5.87. The molecule has 114 valence electrons. The molecular formula is C19H35B. The summed E-state index contributed by atoms with van der Waals surface area (Å²) in [7, 11) is 6.71. The molecule has 0 amide bonds. The van der Waals surface area contributed by atoms with Crippen molar-refractivity contribution in [2.75, 3.05) is 0 Å². The molecule has 3 fully saturated rings. The van der Waals surface area contributed by atoms with Crippen molar-refractivity contribution < 1.29 is 0 Å². The molecule has 3 aliphatic rings. The molecule has 0 aromatic rings. The normalized spacial score (nSPS) is 43.8. The van der Waals surface area contributed by atoms with Crippen molar-refractivity contribution in [2.45, 2.75) is 85.9 Å². The summed E-state index contributed by atoms with van der Waals surface area (Å²) >= 11 is 0. The zero-order valence-electron chi connectivity index (χ0n) is 14.9. The van der Waals surface area contributed by atoms with Gasteiger partial charge in [-0.25, -0.2) is 0 Å². The van der Waals surface area contributed by atoms with E-state index in [-0.39, 0.29) is 5.31 Å². The summed E-state index contributed by atoms with van der Waals surface area (Å²) in [5.74, 6) is 3.31. The van der Waals surface area contributed by atoms with Gasteiger partial charge in [0.15, 0.2) is 0 Å². The first kappa shape index (κ1) is 16.4. The van der Waals surface area contributed by atoms with Gasteiger partial charge in [-0.2, -0.15) is 0 Å². The van der Waals surface area contributed by atoms with Crippen molar-refractivity contribution in [3.05, 3.63) is 0 Å². The molecule has 3 aliphatic carbocycles. The fraction of sp³-hybridized carbons (Fsp3) is 1.00. The van der Waals surface area contributed by atoms with Gasteiger partial charge in [-0.1, -0.05) is 73.0 Å². The van der Waals surface area contributed by atoms with E-state index in [1.165, 1.54) is 32.1 Å². The third kappa shape index (κ3) is 2.10. The highest BCUT2D eigenvalue weighted by molar-refractivity contribution is 6.15. The third-order valence-corrected chi connectivity index (χ3v) is 7.94. The van der Waals surface area contributed by atoms with Crippen molar-refractivity contribution in [1.82, 2.24) is 0 Å². The van der Waals surface area contributed by atoms with Crippen molar-refractivity contribution in [2.24, 2.45) is 34.5 Å². The van der Waals surface area contributed by atoms with E-state index >= 15 is 0 Å². The Balaban J connectivity index is 2.21. The van der Waals surface area contributed by atoms with E-state index in [9.17, 15) is 0 Å². The molecule has 0 nitrogen and oxygen atoms in total. The van der Waals surface area contributed by atoms with Crippen LogP contribution in [0.2, 0.25) is 5.31 Å². The second-order valence-corrected chi connectivity index (χ2v) is 9.02. The molecule has 0 saturated heterocycles. The molecule has 0 heterocycles. The van der Waals surface area contributed by atoms with Crippen LogP contribution in [0.5, 0.6) is 0 Å². The summed E-state index contributed by atoms with van der Waals surface area (Å²) in [6, 6.07) is 0. The highest BCUT2D eigenvalue weighted by Gasteiger charge is 2.64. The van der Waals surface area contributed by atoms with E-state index in [1.807, 2.05) is 0 Å². The Bertz CT molecular complexity index is 357. The minimum absolute atomic E-state index is 0.0444. The molecule has 6 atom stereocenters. The quantitative estimate of drug-likeness (QED) is 0.550. The Hall–Kier alpha value is 0.0649. The van der Waals surface area contributed by atoms with Gasteiger partial charge in [-0.05, 0) is 47.3 Å². The van der Waals surface area contributed by atoms with Crippen molar-refractivity contribution in [3.63, 3.8) is 0 Å². The number of fused-ring (bicyclic) bond motifs is 2. The van der Waals surface area contributed by atoms with Crippen molar-refractivity contribution in [3.8, 4) is 0 Å². The van der Waals surface area contributed by atoms with E-state index in [1.54, 1.807) is 0 Å². The van der Waals surface area contributed by atoms with Gasteiger partial charge in [0.2, 0.25) is 0 Å². The minimum Gasteiger partial charge on any atom is -0.0674 e. The summed E-state index contributed by atoms with van der Waals surface area (Å²) in [5, 5.41) is 0.0444. The zero-order valence-corrected chi connectivity index (χ0v) is 14.9. The van der Waals surface area contributed by atoms with Gasteiger partial charge in [0.1, 0.15) is 0 Å². The lowest BCUT2D eigenvalue weighted by atomic mass is 9.33. The maximum absolute atomic E-state index is 6.71. The van der Waals surface area contributed by atoms with Crippen LogP contribution >= 0.6 is 0 Å². The lowest BCUT2D eigenvalue weighted by Crippen LogP contribution is -2.63. The first-order valence-corrected chi connectivity index (χ1v) is 8.90. The summed E-state index contributed by atoms with van der Waals surface area (Å²) in [4.78, 5) is 0. The average Bonchev–Trinajstić information content (AvgIpc) is 2.36. The van der Waals surface area contributed by atoms with Gasteiger partial charge in [-0.3, -0.25) is 0 Å². The molecule has 20 heavy (non-hydrogen) atoms. The van der Waals surface area contributed by atoms with Crippen LogP contribution in [0.15, 0.2) is 0 Å². The topological polar surface area (TPSA) is 0 Å². The van der Waals surface area contributed by atoms with Crippen LogP contribution in [-0.4, -0.2) is 7.85 Å². The highest BCUT2D eigenvalue weighted by Crippen LogP contribution is 2.72. The lowest BCUT2D eigenvalue weighted by Gasteiger charge is -2.70. The maximum Gasteiger partial charge on any atom is 0.0746 e. The van der Waals surface area contributed by atoms with Crippen LogP contribution in [-0.2, 0) is 0 Å². The summed E-state index contributed by atoms with van der Waals surface area (Å²) in [5.41, 5.74) is 1.01. The molecule has 3 saturated carbocycles. The summed E-state index contributed by atoms with van der Waals surface area (Å²) in [6.07, 6.45) is 6.51. The standard InChI is InChI=1S/C19H35B/c1-8-10-18(6,20)15-11-14-12-16(13(15)3)19(14,7)17(4,5)9-2/h13-16H,8-12H2,1-7H3/t13-,14+,15?,16+,18?,19?/m1/s1. The molecule has 0 aromatic carbocycles. The van der Waals surface area contributed by atoms with Gasteiger partial charge >= 0.3 is 0 Å². The molecule has 2 radical (unpaired) electrons. The van der Waals surface area contributed by atoms with E-state index in [0.717, 1.165) is 23.7 Å². The minimum atomic E-state index is 0.0444. The number of hydrogen-bond acceptors (Lipinski definition) is 0. The average molecular weight is 274 g/mol. The smallest absolute Gasteiger partial charge is 0.0674 e. The first-order chi connectivity index (χ1) is 9.11. The number of rotatable bonds is 5. The van der Waals surface area contributed by atoms with Crippen LogP contribution < -0.4 is 0 Å². The maximum atomic E-state index is 6.71. The second-order valence-electron chi connectivity index (χ2n) is 9.02. The van der Waals surface area contributed by atoms with Gasteiger partial charge in [-0.15, -0.1) is 0 Å². The Morgan fingerprint density at radius 3 is 2.20 bits per heavy atom. The Morgan fingerprint density at radius 2 is 1.75 bits per heavy atom. The van der Waals surface area contributed by atoms with Crippen molar-refractivity contribution >= 4 is 7.85 Å². The third-order valence-electron chi connectivity index (χ3n) is 7.94. The SMILES string of the molecule is [B]C(C)(CCC)C1C[C@H]2C[C@@H]([C@@H]1C)C2(C)C(C)(C)CC. The highest BCUT2D eigenvalue weighted by atomic mass is 14.7. The Morgan fingerprint density at radius 1 is 1.15 bits per heavy atom. The zero-order chi connectivity index (χ0) is 15.3. The Kier molecular flexibility index (Phi) is 4.16. The molecule has 3 unspecified atom stereocenters. The van der Waals surface area contributed by atoms with Crippen LogP contribution in [0, 0.1) is 34.5 Å². The fourth-order valence-electron chi connectivity index (χ4n) is 5.87. The monoisotopic (exact) mass is 274 g/mol. The van der Waals surface area contributed by atoms with Gasteiger partial charge in [0.25, 0.3) is 0 Å². The van der Waals surface area contributed by atoms with Crippen LogP contribution in [0.4, 0.5) is 0 Å². The first-order valence-electron chi connectivity index (χ1n) is 8.90. The van der Waals surface area contributed by atoms with Gasteiger partial charge < -0.3 is 0 Å². The molecule has 0 aromatic heterocycles. The predicted molar refractivity (Wildman–Crippen MR) is 90.1 cm³/mol. The molecular weight excluding hydrogens is 239 g/mol. The van der Waals surface area contributed by atoms with Gasteiger partial charge in [0, 0.05) is 0 Å². The molecule has 1 heteroatoms. The fourth-order valence-corrected chi connectivity index (χ4v) is 5.87. The van der Waals surface area contributed by atoms with Crippen LogP contribution in [0.25, 0.3) is 0 Å². The summed E-state index contributed by atoms with van der Waals surface area (Å²) in [6.45, 7) is 17.0. The largest absolute Gasteiger partial charge is 0.0746 e.